The Morgan fingerprint density at radius 1 is 1.50 bits per heavy atom. The maximum Gasteiger partial charge on any atom is 0.110 e. The van der Waals surface area contributed by atoms with Crippen LogP contribution >= 0.6 is 11.3 Å². The molecule has 1 saturated carbocycles. The number of thiophene rings is 1. The maximum absolute atomic E-state index is 9.55. The average molecular weight is 236 g/mol. The molecule has 1 aliphatic rings. The predicted octanol–water partition coefficient (Wildman–Crippen LogP) is 1.75. The van der Waals surface area contributed by atoms with Gasteiger partial charge in [0.2, 0.25) is 0 Å². The molecule has 1 aromatic rings. The van der Waals surface area contributed by atoms with Crippen LogP contribution in [0.3, 0.4) is 0 Å². The number of hydrogen-bond acceptors (Lipinski definition) is 4. The Kier molecular flexibility index (Phi) is 3.29. The summed E-state index contributed by atoms with van der Waals surface area (Å²) in [6, 6.07) is 6.05. The number of nitrogens with zero attached hydrogens (tertiary/aromatic N) is 1. The zero-order chi connectivity index (χ0) is 11.6. The lowest BCUT2D eigenvalue weighted by Gasteiger charge is -2.37. The molecule has 0 unspecified atom stereocenters. The Hall–Kier alpha value is -0.890. The molecular formula is C12H16N2OS. The van der Waals surface area contributed by atoms with Crippen LogP contribution in [0.4, 0.5) is 0 Å². The van der Waals surface area contributed by atoms with Crippen molar-refractivity contribution in [2.75, 3.05) is 6.54 Å². The second-order valence-corrected chi connectivity index (χ2v) is 5.58. The molecule has 0 atom stereocenters. The summed E-state index contributed by atoms with van der Waals surface area (Å²) < 4.78 is 0. The summed E-state index contributed by atoms with van der Waals surface area (Å²) in [5.41, 5.74) is 5.91. The molecule has 0 spiro atoms. The van der Waals surface area contributed by atoms with Gasteiger partial charge >= 0.3 is 0 Å². The topological polar surface area (TPSA) is 70.0 Å². The van der Waals surface area contributed by atoms with Gasteiger partial charge in [-0.1, -0.05) is 0 Å². The third-order valence-corrected chi connectivity index (χ3v) is 4.78. The zero-order valence-corrected chi connectivity index (χ0v) is 9.96. The van der Waals surface area contributed by atoms with Gasteiger partial charge in [0.1, 0.15) is 10.9 Å². The number of aliphatic hydroxyl groups excluding tert-OH is 1. The first-order valence-corrected chi connectivity index (χ1v) is 6.40. The van der Waals surface area contributed by atoms with E-state index >= 15 is 0 Å². The van der Waals surface area contributed by atoms with Crippen molar-refractivity contribution in [3.8, 4) is 6.07 Å². The summed E-state index contributed by atoms with van der Waals surface area (Å²) in [6.45, 7) is 0.602. The van der Waals surface area contributed by atoms with E-state index < -0.39 is 0 Å². The van der Waals surface area contributed by atoms with Gasteiger partial charge in [-0.15, -0.1) is 11.3 Å². The third-order valence-electron chi connectivity index (χ3n) is 3.54. The molecule has 2 rings (SSSR count). The van der Waals surface area contributed by atoms with Gasteiger partial charge in [-0.05, 0) is 37.8 Å². The number of nitriles is 1. The lowest BCUT2D eigenvalue weighted by atomic mass is 9.72. The van der Waals surface area contributed by atoms with Gasteiger partial charge in [-0.25, -0.2) is 0 Å². The third kappa shape index (κ3) is 1.99. The fourth-order valence-electron chi connectivity index (χ4n) is 2.39. The summed E-state index contributed by atoms with van der Waals surface area (Å²) in [6.07, 6.45) is 3.31. The Morgan fingerprint density at radius 3 is 2.69 bits per heavy atom. The predicted molar refractivity (Wildman–Crippen MR) is 64.2 cm³/mol. The Morgan fingerprint density at radius 2 is 2.19 bits per heavy atom. The van der Waals surface area contributed by atoms with Gasteiger partial charge in [0.05, 0.1) is 6.10 Å². The van der Waals surface area contributed by atoms with E-state index in [2.05, 4.69) is 6.07 Å². The Bertz CT molecular complexity index is 399. The van der Waals surface area contributed by atoms with Crippen LogP contribution in [0, 0.1) is 11.3 Å². The van der Waals surface area contributed by atoms with Gasteiger partial charge in [-0.2, -0.15) is 5.26 Å². The van der Waals surface area contributed by atoms with E-state index in [0.717, 1.165) is 30.6 Å². The summed E-state index contributed by atoms with van der Waals surface area (Å²) in [7, 11) is 0. The molecule has 86 valence electrons. The highest BCUT2D eigenvalue weighted by atomic mass is 32.1. The van der Waals surface area contributed by atoms with Crippen LogP contribution in [-0.4, -0.2) is 17.8 Å². The molecule has 1 fully saturated rings. The highest BCUT2D eigenvalue weighted by molar-refractivity contribution is 7.12. The maximum atomic E-state index is 9.55. The minimum absolute atomic E-state index is 0.000995. The number of aliphatic hydroxyl groups is 1. The summed E-state index contributed by atoms with van der Waals surface area (Å²) in [5, 5.41) is 18.4. The quantitative estimate of drug-likeness (QED) is 0.822. The first kappa shape index (κ1) is 11.6. The highest BCUT2D eigenvalue weighted by Gasteiger charge is 2.36. The molecule has 16 heavy (non-hydrogen) atoms. The van der Waals surface area contributed by atoms with Crippen molar-refractivity contribution in [3.05, 3.63) is 21.9 Å². The molecule has 1 heterocycles. The van der Waals surface area contributed by atoms with Crippen molar-refractivity contribution in [2.45, 2.75) is 37.2 Å². The van der Waals surface area contributed by atoms with Gasteiger partial charge in [0, 0.05) is 16.8 Å². The molecule has 0 amide bonds. The van der Waals surface area contributed by atoms with Crippen molar-refractivity contribution in [1.29, 1.82) is 5.26 Å². The minimum atomic E-state index is -0.171. The van der Waals surface area contributed by atoms with E-state index in [1.54, 1.807) is 11.3 Å². The van der Waals surface area contributed by atoms with Crippen LogP contribution in [0.2, 0.25) is 0 Å². The molecule has 0 aliphatic heterocycles. The first-order valence-electron chi connectivity index (χ1n) is 5.59. The normalized spacial score (nSPS) is 29.9. The molecule has 0 bridgehead atoms. The van der Waals surface area contributed by atoms with Crippen LogP contribution in [-0.2, 0) is 5.41 Å². The number of nitrogens with two attached hydrogens (primary N) is 1. The van der Waals surface area contributed by atoms with Crippen LogP contribution in [0.5, 0.6) is 0 Å². The minimum Gasteiger partial charge on any atom is -0.393 e. The molecule has 1 aliphatic carbocycles. The molecule has 3 nitrogen and oxygen atoms in total. The van der Waals surface area contributed by atoms with Gasteiger partial charge in [-0.3, -0.25) is 0 Å². The molecule has 0 saturated heterocycles. The zero-order valence-electron chi connectivity index (χ0n) is 9.15. The molecule has 0 aromatic carbocycles. The van der Waals surface area contributed by atoms with E-state index in [4.69, 9.17) is 11.0 Å². The van der Waals surface area contributed by atoms with Crippen LogP contribution in [0.1, 0.15) is 35.4 Å². The highest BCUT2D eigenvalue weighted by Crippen LogP contribution is 2.41. The second-order valence-electron chi connectivity index (χ2n) is 4.49. The van der Waals surface area contributed by atoms with Gasteiger partial charge in [0.25, 0.3) is 0 Å². The van der Waals surface area contributed by atoms with Crippen LogP contribution in [0.15, 0.2) is 12.1 Å². The molecular weight excluding hydrogens is 220 g/mol. The summed E-state index contributed by atoms with van der Waals surface area (Å²) in [5.74, 6) is 0. The van der Waals surface area contributed by atoms with E-state index in [0.29, 0.717) is 6.54 Å². The smallest absolute Gasteiger partial charge is 0.110 e. The molecule has 4 heteroatoms. The summed E-state index contributed by atoms with van der Waals surface area (Å²) >= 11 is 1.54. The van der Waals surface area contributed by atoms with E-state index in [-0.39, 0.29) is 11.5 Å². The monoisotopic (exact) mass is 236 g/mol. The van der Waals surface area contributed by atoms with Gasteiger partial charge in [0.15, 0.2) is 0 Å². The summed E-state index contributed by atoms with van der Waals surface area (Å²) in [4.78, 5) is 1.95. The van der Waals surface area contributed by atoms with E-state index in [1.165, 1.54) is 4.88 Å². The van der Waals surface area contributed by atoms with Crippen molar-refractivity contribution < 1.29 is 5.11 Å². The van der Waals surface area contributed by atoms with Crippen molar-refractivity contribution >= 4 is 11.3 Å². The van der Waals surface area contributed by atoms with Crippen molar-refractivity contribution in [2.24, 2.45) is 5.73 Å². The molecule has 0 radical (unpaired) electrons. The SMILES string of the molecule is N#Cc1ccc(C2(CN)CCC(O)CC2)s1. The number of hydrogen-bond donors (Lipinski definition) is 2. The first-order chi connectivity index (χ1) is 7.70. The van der Waals surface area contributed by atoms with E-state index in [9.17, 15) is 5.11 Å². The largest absolute Gasteiger partial charge is 0.393 e. The van der Waals surface area contributed by atoms with Crippen molar-refractivity contribution in [3.63, 3.8) is 0 Å². The van der Waals surface area contributed by atoms with Gasteiger partial charge < -0.3 is 10.8 Å². The fraction of sp³-hybridized carbons (Fsp3) is 0.583. The van der Waals surface area contributed by atoms with Crippen LogP contribution in [0.25, 0.3) is 0 Å². The van der Waals surface area contributed by atoms with Crippen LogP contribution < -0.4 is 5.73 Å². The lowest BCUT2D eigenvalue weighted by Crippen LogP contribution is -2.39. The lowest BCUT2D eigenvalue weighted by molar-refractivity contribution is 0.0985. The molecule has 1 aromatic heterocycles. The second kappa shape index (κ2) is 4.54. The fourth-order valence-corrected chi connectivity index (χ4v) is 3.45. The average Bonchev–Trinajstić information content (AvgIpc) is 2.80. The standard InChI is InChI=1S/C12H16N2OS/c13-7-10-1-2-11(16-10)12(8-14)5-3-9(15)4-6-12/h1-2,9,15H,3-6,8,14H2. The Labute approximate surface area is 99.5 Å². The Balaban J connectivity index is 2.24. The molecule has 3 N–H and O–H groups in total. The van der Waals surface area contributed by atoms with Crippen molar-refractivity contribution in [1.82, 2.24) is 0 Å². The van der Waals surface area contributed by atoms with E-state index in [1.807, 2.05) is 12.1 Å². The number of rotatable bonds is 2.